The number of halogens is 7. The summed E-state index contributed by atoms with van der Waals surface area (Å²) in [4.78, 5) is 0. The Balaban J connectivity index is 3.39. The zero-order valence-electron chi connectivity index (χ0n) is 6.63. The minimum absolute atomic E-state index is 1.47. The summed E-state index contributed by atoms with van der Waals surface area (Å²) in [5.74, 6) is -10.1. The Hall–Kier alpha value is -1.11. The molecule has 0 aliphatic rings. The average Bonchev–Trinajstić information content (AvgIpc) is 2.18. The fourth-order valence-electron chi connectivity index (χ4n) is 0.777. The van der Waals surface area contributed by atoms with Crippen LogP contribution >= 0.6 is 11.6 Å². The number of benzene rings is 1. The van der Waals surface area contributed by atoms with Gasteiger partial charge in [-0.15, -0.1) is 0 Å². The second-order valence-electron chi connectivity index (χ2n) is 2.28. The molecule has 0 atom stereocenters. The second kappa shape index (κ2) is 4.18. The van der Waals surface area contributed by atoms with Gasteiger partial charge < -0.3 is 4.74 Å². The summed E-state index contributed by atoms with van der Waals surface area (Å²) in [5, 5.41) is -1.47. The molecule has 0 aromatic heterocycles. The van der Waals surface area contributed by atoms with Gasteiger partial charge in [0.25, 0.3) is 0 Å². The van der Waals surface area contributed by atoms with Crippen molar-refractivity contribution in [3.63, 3.8) is 0 Å². The highest BCUT2D eigenvalue weighted by molar-refractivity contribution is 6.30. The van der Waals surface area contributed by atoms with Crippen molar-refractivity contribution in [3.8, 4) is 5.75 Å². The molecule has 0 fully saturated rings. The third-order valence-electron chi connectivity index (χ3n) is 1.38. The van der Waals surface area contributed by atoms with E-state index in [-0.39, 0.29) is 0 Å². The van der Waals surface area contributed by atoms with E-state index < -0.39 is 40.7 Å². The SMILES string of the molecule is Fc1c(F)c(OC(F)F)c(F)c(F)c1Cl. The van der Waals surface area contributed by atoms with Crippen LogP contribution in [0.15, 0.2) is 0 Å². The summed E-state index contributed by atoms with van der Waals surface area (Å²) >= 11 is 4.82. The van der Waals surface area contributed by atoms with Gasteiger partial charge in [0.15, 0.2) is 11.6 Å². The maximum Gasteiger partial charge on any atom is 0.387 e. The highest BCUT2D eigenvalue weighted by atomic mass is 35.5. The van der Waals surface area contributed by atoms with Gasteiger partial charge in [0, 0.05) is 0 Å². The molecule has 1 rings (SSSR count). The van der Waals surface area contributed by atoms with Crippen LogP contribution in [0, 0.1) is 23.3 Å². The molecule has 0 saturated heterocycles. The summed E-state index contributed by atoms with van der Waals surface area (Å²) < 4.78 is 77.3. The lowest BCUT2D eigenvalue weighted by Crippen LogP contribution is -2.09. The minimum Gasteiger partial charge on any atom is -0.428 e. The van der Waals surface area contributed by atoms with Crippen molar-refractivity contribution in [1.29, 1.82) is 0 Å². The Bertz CT molecular complexity index is 365. The molecule has 0 N–H and O–H groups in total. The Morgan fingerprint density at radius 2 is 1.27 bits per heavy atom. The van der Waals surface area contributed by atoms with Gasteiger partial charge in [0.2, 0.25) is 17.4 Å². The van der Waals surface area contributed by atoms with Crippen LogP contribution in [0.1, 0.15) is 0 Å². The van der Waals surface area contributed by atoms with Gasteiger partial charge in [0.05, 0.1) is 0 Å². The molecule has 0 heterocycles. The van der Waals surface area contributed by atoms with E-state index in [1.54, 1.807) is 0 Å². The van der Waals surface area contributed by atoms with E-state index in [1.807, 2.05) is 0 Å². The van der Waals surface area contributed by atoms with E-state index in [4.69, 9.17) is 11.6 Å². The molecule has 84 valence electrons. The highest BCUT2D eigenvalue weighted by Gasteiger charge is 2.27. The lowest BCUT2D eigenvalue weighted by Gasteiger charge is -2.09. The molecule has 1 aromatic rings. The first-order chi connectivity index (χ1) is 6.86. The van der Waals surface area contributed by atoms with Gasteiger partial charge in [-0.05, 0) is 0 Å². The smallest absolute Gasteiger partial charge is 0.387 e. The van der Waals surface area contributed by atoms with Crippen molar-refractivity contribution in [2.75, 3.05) is 0 Å². The quantitative estimate of drug-likeness (QED) is 0.443. The molecule has 8 heteroatoms. The van der Waals surface area contributed by atoms with Crippen molar-refractivity contribution in [2.45, 2.75) is 6.61 Å². The maximum atomic E-state index is 12.7. The fourth-order valence-corrected chi connectivity index (χ4v) is 0.943. The first kappa shape index (κ1) is 12.0. The van der Waals surface area contributed by atoms with Gasteiger partial charge in [0.1, 0.15) is 5.02 Å². The molecule has 1 nitrogen and oxygen atoms in total. The van der Waals surface area contributed by atoms with E-state index in [0.29, 0.717) is 0 Å². The average molecular weight is 251 g/mol. The van der Waals surface area contributed by atoms with E-state index >= 15 is 0 Å². The van der Waals surface area contributed by atoms with Crippen LogP contribution < -0.4 is 4.74 Å². The lowest BCUT2D eigenvalue weighted by atomic mass is 10.3. The number of rotatable bonds is 2. The van der Waals surface area contributed by atoms with Crippen molar-refractivity contribution in [1.82, 2.24) is 0 Å². The summed E-state index contributed by atoms with van der Waals surface area (Å²) in [7, 11) is 0. The van der Waals surface area contributed by atoms with E-state index in [0.717, 1.165) is 0 Å². The van der Waals surface area contributed by atoms with E-state index in [9.17, 15) is 26.3 Å². The third-order valence-corrected chi connectivity index (χ3v) is 1.71. The predicted molar refractivity (Wildman–Crippen MR) is 37.9 cm³/mol. The van der Waals surface area contributed by atoms with Crippen LogP contribution in [0.25, 0.3) is 0 Å². The monoisotopic (exact) mass is 250 g/mol. The summed E-state index contributed by atoms with van der Waals surface area (Å²) in [6.07, 6.45) is 0. The number of hydrogen-bond donors (Lipinski definition) is 0. The zero-order valence-corrected chi connectivity index (χ0v) is 7.39. The number of hydrogen-bond acceptors (Lipinski definition) is 1. The third kappa shape index (κ3) is 2.11. The number of ether oxygens (including phenoxy) is 1. The fraction of sp³-hybridized carbons (Fsp3) is 0.143. The molecule has 1 aromatic carbocycles. The van der Waals surface area contributed by atoms with Gasteiger partial charge >= 0.3 is 6.61 Å². The molecule has 0 spiro atoms. The van der Waals surface area contributed by atoms with Crippen molar-refractivity contribution >= 4 is 11.6 Å². The summed E-state index contributed by atoms with van der Waals surface area (Å²) in [6, 6.07) is 0. The van der Waals surface area contributed by atoms with Crippen LogP contribution in [0.5, 0.6) is 5.75 Å². The Labute approximate surface area is 84.2 Å². The molecule has 0 aliphatic carbocycles. The molecular formula is C7HClF6O. The van der Waals surface area contributed by atoms with Crippen molar-refractivity contribution in [2.24, 2.45) is 0 Å². The molecule has 0 bridgehead atoms. The lowest BCUT2D eigenvalue weighted by molar-refractivity contribution is -0.0553. The maximum absolute atomic E-state index is 12.7. The molecule has 0 amide bonds. The first-order valence-corrected chi connectivity index (χ1v) is 3.70. The molecule has 0 aliphatic heterocycles. The molecule has 15 heavy (non-hydrogen) atoms. The van der Waals surface area contributed by atoms with Crippen molar-refractivity contribution < 1.29 is 31.1 Å². The van der Waals surface area contributed by atoms with E-state index in [1.165, 1.54) is 0 Å². The molecule has 0 unspecified atom stereocenters. The van der Waals surface area contributed by atoms with E-state index in [2.05, 4.69) is 4.74 Å². The van der Waals surface area contributed by atoms with Gasteiger partial charge in [-0.1, -0.05) is 11.6 Å². The standard InChI is InChI=1S/C7HClF6O/c8-1-2(9)4(11)6(15-7(13)14)5(12)3(1)10/h7H. The van der Waals surface area contributed by atoms with Crippen LogP contribution in [-0.4, -0.2) is 6.61 Å². The van der Waals surface area contributed by atoms with Crippen LogP contribution in [0.3, 0.4) is 0 Å². The topological polar surface area (TPSA) is 9.23 Å². The highest BCUT2D eigenvalue weighted by Crippen LogP contribution is 2.33. The van der Waals surface area contributed by atoms with Gasteiger partial charge in [-0.25, -0.2) is 8.78 Å². The predicted octanol–water partition coefficient (Wildman–Crippen LogP) is 3.50. The largest absolute Gasteiger partial charge is 0.428 e. The van der Waals surface area contributed by atoms with Crippen molar-refractivity contribution in [3.05, 3.63) is 28.3 Å². The minimum atomic E-state index is -3.62. The molecular weight excluding hydrogens is 250 g/mol. The molecule has 0 saturated carbocycles. The summed E-state index contributed by atoms with van der Waals surface area (Å²) in [6.45, 7) is -3.62. The zero-order chi connectivity index (χ0) is 11.7. The second-order valence-corrected chi connectivity index (χ2v) is 2.66. The van der Waals surface area contributed by atoms with Crippen LogP contribution in [-0.2, 0) is 0 Å². The Morgan fingerprint density at radius 3 is 1.60 bits per heavy atom. The Morgan fingerprint density at radius 1 is 0.867 bits per heavy atom. The first-order valence-electron chi connectivity index (χ1n) is 3.32. The van der Waals surface area contributed by atoms with Crippen LogP contribution in [0.4, 0.5) is 26.3 Å². The molecule has 0 radical (unpaired) electrons. The normalized spacial score (nSPS) is 10.9. The van der Waals surface area contributed by atoms with Gasteiger partial charge in [-0.2, -0.15) is 17.6 Å². The van der Waals surface area contributed by atoms with Gasteiger partial charge in [-0.3, -0.25) is 0 Å². The summed E-state index contributed by atoms with van der Waals surface area (Å²) in [5.41, 5.74) is 0. The number of alkyl halides is 2. The van der Waals surface area contributed by atoms with Crippen LogP contribution in [0.2, 0.25) is 5.02 Å². The Kier molecular flexibility index (Phi) is 3.33.